The molecule has 1 amide bonds. The van der Waals surface area contributed by atoms with E-state index < -0.39 is 5.91 Å². The van der Waals surface area contributed by atoms with E-state index in [4.69, 9.17) is 11.0 Å². The standard InChI is InChI=1S/C13H9N5OS/c1-7-4-9(11-8(5-14)2-3-20-11)17-18-10(12(15)19)6-16-13(7)18/h2-4,6H,1H3,(H2,15,19). The molecule has 0 bridgehead atoms. The number of aromatic nitrogens is 3. The van der Waals surface area contributed by atoms with Crippen molar-refractivity contribution in [3.8, 4) is 16.6 Å². The molecule has 0 aromatic carbocycles. The van der Waals surface area contributed by atoms with E-state index in [0.29, 0.717) is 16.9 Å². The van der Waals surface area contributed by atoms with Crippen LogP contribution in [0.2, 0.25) is 0 Å². The Balaban J connectivity index is 2.31. The van der Waals surface area contributed by atoms with Gasteiger partial charge in [-0.25, -0.2) is 9.50 Å². The lowest BCUT2D eigenvalue weighted by molar-refractivity contribution is 0.0993. The number of amides is 1. The van der Waals surface area contributed by atoms with Crippen LogP contribution in [-0.2, 0) is 0 Å². The monoisotopic (exact) mass is 283 g/mol. The van der Waals surface area contributed by atoms with E-state index in [1.807, 2.05) is 18.4 Å². The van der Waals surface area contributed by atoms with Gasteiger partial charge in [0, 0.05) is 0 Å². The molecule has 3 aromatic heterocycles. The number of carbonyl (C=O) groups excluding carboxylic acids is 1. The smallest absolute Gasteiger partial charge is 0.269 e. The van der Waals surface area contributed by atoms with Crippen LogP contribution < -0.4 is 5.73 Å². The highest BCUT2D eigenvalue weighted by Gasteiger charge is 2.15. The maximum atomic E-state index is 11.4. The summed E-state index contributed by atoms with van der Waals surface area (Å²) in [6.45, 7) is 1.87. The average molecular weight is 283 g/mol. The summed E-state index contributed by atoms with van der Waals surface area (Å²) in [7, 11) is 0. The second kappa shape index (κ2) is 4.43. The van der Waals surface area contributed by atoms with Gasteiger partial charge < -0.3 is 5.73 Å². The molecule has 0 atom stereocenters. The van der Waals surface area contributed by atoms with Crippen molar-refractivity contribution in [1.82, 2.24) is 14.6 Å². The summed E-state index contributed by atoms with van der Waals surface area (Å²) >= 11 is 1.43. The molecule has 0 fully saturated rings. The predicted molar refractivity (Wildman–Crippen MR) is 74.3 cm³/mol. The number of primary amides is 1. The molecule has 0 unspecified atom stereocenters. The third kappa shape index (κ3) is 1.74. The van der Waals surface area contributed by atoms with Crippen LogP contribution in [0.3, 0.4) is 0 Å². The Labute approximate surface area is 118 Å². The van der Waals surface area contributed by atoms with Gasteiger partial charge in [0.15, 0.2) is 5.65 Å². The molecule has 0 saturated heterocycles. The minimum absolute atomic E-state index is 0.222. The van der Waals surface area contributed by atoms with Crippen LogP contribution in [0.4, 0.5) is 0 Å². The largest absolute Gasteiger partial charge is 0.364 e. The Hall–Kier alpha value is -2.72. The normalized spacial score (nSPS) is 10.6. The number of imidazole rings is 1. The van der Waals surface area contributed by atoms with Crippen LogP contribution in [-0.4, -0.2) is 20.5 Å². The molecule has 2 N–H and O–H groups in total. The molecule has 3 aromatic rings. The molecule has 0 aliphatic carbocycles. The molecule has 7 heteroatoms. The van der Waals surface area contributed by atoms with Crippen LogP contribution in [0, 0.1) is 18.3 Å². The molecule has 0 aliphatic heterocycles. The van der Waals surface area contributed by atoms with Crippen molar-refractivity contribution >= 4 is 22.9 Å². The van der Waals surface area contributed by atoms with E-state index in [-0.39, 0.29) is 5.69 Å². The zero-order chi connectivity index (χ0) is 14.3. The second-order valence-electron chi connectivity index (χ2n) is 4.23. The van der Waals surface area contributed by atoms with E-state index >= 15 is 0 Å². The molecule has 20 heavy (non-hydrogen) atoms. The van der Waals surface area contributed by atoms with E-state index in [9.17, 15) is 4.79 Å². The number of rotatable bonds is 2. The lowest BCUT2D eigenvalue weighted by atomic mass is 10.2. The quantitative estimate of drug-likeness (QED) is 0.774. The Morgan fingerprint density at radius 2 is 2.35 bits per heavy atom. The van der Waals surface area contributed by atoms with Gasteiger partial charge >= 0.3 is 0 Å². The van der Waals surface area contributed by atoms with Crippen LogP contribution >= 0.6 is 11.3 Å². The number of aryl methyl sites for hydroxylation is 1. The Morgan fingerprint density at radius 1 is 1.55 bits per heavy atom. The van der Waals surface area contributed by atoms with Crippen molar-refractivity contribution in [2.45, 2.75) is 6.92 Å². The van der Waals surface area contributed by atoms with Crippen molar-refractivity contribution in [3.63, 3.8) is 0 Å². The fraction of sp³-hybridized carbons (Fsp3) is 0.0769. The third-order valence-electron chi connectivity index (χ3n) is 2.92. The van der Waals surface area contributed by atoms with E-state index in [1.54, 1.807) is 6.07 Å². The summed E-state index contributed by atoms with van der Waals surface area (Å²) in [4.78, 5) is 16.3. The summed E-state index contributed by atoms with van der Waals surface area (Å²) in [5.74, 6) is -0.590. The fourth-order valence-corrected chi connectivity index (χ4v) is 2.80. The number of fused-ring (bicyclic) bond motifs is 1. The molecule has 3 rings (SSSR count). The highest BCUT2D eigenvalue weighted by atomic mass is 32.1. The highest BCUT2D eigenvalue weighted by Crippen LogP contribution is 2.28. The zero-order valence-electron chi connectivity index (χ0n) is 10.5. The first kappa shape index (κ1) is 12.3. The number of nitriles is 1. The summed E-state index contributed by atoms with van der Waals surface area (Å²) < 4.78 is 1.42. The maximum absolute atomic E-state index is 11.4. The molecule has 0 radical (unpaired) electrons. The first-order chi connectivity index (χ1) is 9.61. The average Bonchev–Trinajstić information content (AvgIpc) is 3.04. The minimum atomic E-state index is -0.590. The maximum Gasteiger partial charge on any atom is 0.269 e. The molecule has 3 heterocycles. The molecular formula is C13H9N5OS. The lowest BCUT2D eigenvalue weighted by Gasteiger charge is -2.04. The van der Waals surface area contributed by atoms with E-state index in [0.717, 1.165) is 10.4 Å². The van der Waals surface area contributed by atoms with Crippen LogP contribution in [0.15, 0.2) is 23.7 Å². The molecule has 0 aliphatic rings. The number of nitrogens with two attached hydrogens (primary N) is 1. The van der Waals surface area contributed by atoms with Gasteiger partial charge in [-0.3, -0.25) is 4.79 Å². The first-order valence-electron chi connectivity index (χ1n) is 5.75. The SMILES string of the molecule is Cc1cc(-c2sccc2C#N)nn2c(C(N)=O)cnc12. The van der Waals surface area contributed by atoms with Gasteiger partial charge in [-0.2, -0.15) is 10.4 Å². The molecule has 0 saturated carbocycles. The van der Waals surface area contributed by atoms with Gasteiger partial charge in [0.05, 0.1) is 16.6 Å². The Morgan fingerprint density at radius 3 is 3.05 bits per heavy atom. The summed E-state index contributed by atoms with van der Waals surface area (Å²) in [6, 6.07) is 5.71. The number of thiophene rings is 1. The number of nitrogens with zero attached hydrogens (tertiary/aromatic N) is 4. The van der Waals surface area contributed by atoms with Gasteiger partial charge in [0.25, 0.3) is 5.91 Å². The van der Waals surface area contributed by atoms with Crippen molar-refractivity contribution < 1.29 is 4.79 Å². The number of carbonyl (C=O) groups is 1. The van der Waals surface area contributed by atoms with Crippen LogP contribution in [0.5, 0.6) is 0 Å². The van der Waals surface area contributed by atoms with Gasteiger partial charge in [-0.05, 0) is 30.0 Å². The van der Waals surface area contributed by atoms with Crippen molar-refractivity contribution in [2.75, 3.05) is 0 Å². The van der Waals surface area contributed by atoms with E-state index in [2.05, 4.69) is 16.2 Å². The minimum Gasteiger partial charge on any atom is -0.364 e. The molecule has 98 valence electrons. The summed E-state index contributed by atoms with van der Waals surface area (Å²) in [5, 5.41) is 15.3. The fourth-order valence-electron chi connectivity index (χ4n) is 2.00. The molecular weight excluding hydrogens is 274 g/mol. The molecule has 6 nitrogen and oxygen atoms in total. The van der Waals surface area contributed by atoms with E-state index in [1.165, 1.54) is 22.0 Å². The molecule has 0 spiro atoms. The predicted octanol–water partition coefficient (Wildman–Crippen LogP) is 1.74. The van der Waals surface area contributed by atoms with Gasteiger partial charge in [0.1, 0.15) is 17.5 Å². The van der Waals surface area contributed by atoms with Crippen LogP contribution in [0.1, 0.15) is 21.6 Å². The summed E-state index contributed by atoms with van der Waals surface area (Å²) in [5.41, 5.74) is 8.16. The lowest BCUT2D eigenvalue weighted by Crippen LogP contribution is -2.15. The highest BCUT2D eigenvalue weighted by molar-refractivity contribution is 7.13. The van der Waals surface area contributed by atoms with Crippen molar-refractivity contribution in [1.29, 1.82) is 5.26 Å². The number of hydrogen-bond acceptors (Lipinski definition) is 5. The van der Waals surface area contributed by atoms with Crippen molar-refractivity contribution in [3.05, 3.63) is 40.5 Å². The van der Waals surface area contributed by atoms with Gasteiger partial charge in [0.2, 0.25) is 0 Å². The Bertz CT molecular complexity index is 871. The van der Waals surface area contributed by atoms with Gasteiger partial charge in [-0.1, -0.05) is 0 Å². The first-order valence-corrected chi connectivity index (χ1v) is 6.63. The topological polar surface area (TPSA) is 97.1 Å². The third-order valence-corrected chi connectivity index (χ3v) is 3.86. The second-order valence-corrected chi connectivity index (χ2v) is 5.15. The van der Waals surface area contributed by atoms with Gasteiger partial charge in [-0.15, -0.1) is 11.3 Å². The van der Waals surface area contributed by atoms with Crippen molar-refractivity contribution in [2.24, 2.45) is 5.73 Å². The number of hydrogen-bond donors (Lipinski definition) is 1. The Kier molecular flexibility index (Phi) is 2.73. The van der Waals surface area contributed by atoms with Crippen LogP contribution in [0.25, 0.3) is 16.2 Å². The summed E-state index contributed by atoms with van der Waals surface area (Å²) in [6.07, 6.45) is 1.40. The zero-order valence-corrected chi connectivity index (χ0v) is 11.3.